The lowest BCUT2D eigenvalue weighted by molar-refractivity contribution is 0.0856. The summed E-state index contributed by atoms with van der Waals surface area (Å²) in [4.78, 5) is 11.7. The summed E-state index contributed by atoms with van der Waals surface area (Å²) in [5, 5.41) is 0.0714. The molecule has 3 aromatic rings. The summed E-state index contributed by atoms with van der Waals surface area (Å²) in [6, 6.07) is 3.88. The predicted molar refractivity (Wildman–Crippen MR) is 104 cm³/mol. The number of imidazole rings is 2. The molecule has 2 N–H and O–H groups in total. The summed E-state index contributed by atoms with van der Waals surface area (Å²) in [5.41, 5.74) is 2.45. The number of hydrogen-bond acceptors (Lipinski definition) is 6. The number of fused-ring (bicyclic) bond motifs is 1. The molecular formula is C18H23N5O4S. The highest BCUT2D eigenvalue weighted by atomic mass is 32.2. The molecule has 0 saturated carbocycles. The highest BCUT2D eigenvalue weighted by Gasteiger charge is 2.24. The van der Waals surface area contributed by atoms with E-state index in [9.17, 15) is 8.42 Å². The van der Waals surface area contributed by atoms with Crippen molar-refractivity contribution >= 4 is 27.0 Å². The molecule has 0 radical (unpaired) electrons. The minimum absolute atomic E-state index is 0.0714. The fraction of sp³-hybridized carbons (Fsp3) is 0.444. The number of nitrogens with one attached hydrogen (secondary N) is 2. The first-order valence-electron chi connectivity index (χ1n) is 9.06. The highest BCUT2D eigenvalue weighted by Crippen LogP contribution is 2.36. The molecule has 1 saturated heterocycles. The maximum Gasteiger partial charge on any atom is 0.281 e. The van der Waals surface area contributed by atoms with E-state index in [0.29, 0.717) is 41.7 Å². The Kier molecular flexibility index (Phi) is 4.76. The standard InChI is InChI=1S/C18H23N5O4S/c1-11-19-10-15(23(11)2)28(24,25)22-18-20-16-13(12-6-8-27-9-7-12)4-5-14(26-3)17(16)21-18/h4-5,10,12H,6-9H2,1-3H3,(H2,20,21,22). The van der Waals surface area contributed by atoms with Crippen LogP contribution < -0.4 is 9.46 Å². The first kappa shape index (κ1) is 18.8. The molecule has 4 rings (SSSR count). The molecule has 1 aromatic carbocycles. The topological polar surface area (TPSA) is 111 Å². The van der Waals surface area contributed by atoms with Crippen LogP contribution >= 0.6 is 0 Å². The number of aromatic nitrogens is 4. The van der Waals surface area contributed by atoms with E-state index >= 15 is 0 Å². The van der Waals surface area contributed by atoms with Crippen LogP contribution in [-0.4, -0.2) is 48.3 Å². The number of H-pyrrole nitrogens is 1. The van der Waals surface area contributed by atoms with Gasteiger partial charge in [0.25, 0.3) is 10.0 Å². The van der Waals surface area contributed by atoms with Gasteiger partial charge in [-0.1, -0.05) is 6.07 Å². The van der Waals surface area contributed by atoms with Gasteiger partial charge in [-0.3, -0.25) is 0 Å². The number of ether oxygens (including phenoxy) is 2. The number of sulfonamides is 1. The summed E-state index contributed by atoms with van der Waals surface area (Å²) in [7, 11) is -0.602. The molecule has 10 heteroatoms. The van der Waals surface area contributed by atoms with Crippen LogP contribution in [0.2, 0.25) is 0 Å². The number of nitrogens with zero attached hydrogens (tertiary/aromatic N) is 3. The Morgan fingerprint density at radius 3 is 2.71 bits per heavy atom. The highest BCUT2D eigenvalue weighted by molar-refractivity contribution is 7.92. The molecule has 28 heavy (non-hydrogen) atoms. The van der Waals surface area contributed by atoms with Crippen molar-refractivity contribution in [1.82, 2.24) is 19.5 Å². The van der Waals surface area contributed by atoms with Crippen LogP contribution in [0.1, 0.15) is 30.1 Å². The molecule has 0 bridgehead atoms. The summed E-state index contributed by atoms with van der Waals surface area (Å²) in [6.07, 6.45) is 3.14. The second kappa shape index (κ2) is 7.10. The van der Waals surface area contributed by atoms with Crippen LogP contribution in [0.3, 0.4) is 0 Å². The van der Waals surface area contributed by atoms with Crippen LogP contribution in [0, 0.1) is 6.92 Å². The molecule has 1 fully saturated rings. The molecule has 3 heterocycles. The van der Waals surface area contributed by atoms with Gasteiger partial charge in [0, 0.05) is 20.3 Å². The third kappa shape index (κ3) is 3.22. The molecule has 9 nitrogen and oxygen atoms in total. The Morgan fingerprint density at radius 1 is 1.32 bits per heavy atom. The van der Waals surface area contributed by atoms with Crippen molar-refractivity contribution in [2.24, 2.45) is 7.05 Å². The zero-order chi connectivity index (χ0) is 19.9. The van der Waals surface area contributed by atoms with Crippen LogP contribution in [-0.2, 0) is 21.8 Å². The van der Waals surface area contributed by atoms with Crippen molar-refractivity contribution in [3.63, 3.8) is 0 Å². The minimum atomic E-state index is -3.83. The minimum Gasteiger partial charge on any atom is -0.494 e. The summed E-state index contributed by atoms with van der Waals surface area (Å²) in [6.45, 7) is 3.16. The molecule has 1 aliphatic rings. The maximum absolute atomic E-state index is 12.8. The van der Waals surface area contributed by atoms with Crippen molar-refractivity contribution in [3.8, 4) is 5.75 Å². The quantitative estimate of drug-likeness (QED) is 0.674. The zero-order valence-corrected chi connectivity index (χ0v) is 16.8. The average molecular weight is 405 g/mol. The molecule has 150 valence electrons. The summed E-state index contributed by atoms with van der Waals surface area (Å²) >= 11 is 0. The number of methoxy groups -OCH3 is 1. The van der Waals surface area contributed by atoms with Crippen molar-refractivity contribution < 1.29 is 17.9 Å². The van der Waals surface area contributed by atoms with Gasteiger partial charge in [0.05, 0.1) is 18.8 Å². The molecule has 0 unspecified atom stereocenters. The first-order chi connectivity index (χ1) is 13.4. The molecule has 2 aromatic heterocycles. The molecule has 0 spiro atoms. The van der Waals surface area contributed by atoms with Gasteiger partial charge in [-0.2, -0.15) is 8.42 Å². The van der Waals surface area contributed by atoms with Gasteiger partial charge in [-0.25, -0.2) is 14.7 Å². The van der Waals surface area contributed by atoms with E-state index in [1.54, 1.807) is 21.1 Å². The van der Waals surface area contributed by atoms with Gasteiger partial charge in [0.2, 0.25) is 5.95 Å². The number of anilines is 1. The summed E-state index contributed by atoms with van der Waals surface area (Å²) < 4.78 is 40.5. The van der Waals surface area contributed by atoms with E-state index in [0.717, 1.165) is 18.4 Å². The lowest BCUT2D eigenvalue weighted by atomic mass is 9.90. The van der Waals surface area contributed by atoms with Crippen LogP contribution in [0.15, 0.2) is 23.4 Å². The monoisotopic (exact) mass is 405 g/mol. The Balaban J connectivity index is 1.75. The first-order valence-corrected chi connectivity index (χ1v) is 10.5. The largest absolute Gasteiger partial charge is 0.494 e. The normalized spacial score (nSPS) is 15.8. The number of aryl methyl sites for hydroxylation is 1. The average Bonchev–Trinajstić information content (AvgIpc) is 3.25. The molecular weight excluding hydrogens is 382 g/mol. The molecule has 1 aliphatic heterocycles. The van der Waals surface area contributed by atoms with Gasteiger partial charge >= 0.3 is 0 Å². The lowest BCUT2D eigenvalue weighted by Gasteiger charge is -2.22. The van der Waals surface area contributed by atoms with E-state index in [1.807, 2.05) is 12.1 Å². The Bertz CT molecular complexity index is 1110. The van der Waals surface area contributed by atoms with Crippen LogP contribution in [0.4, 0.5) is 5.95 Å². The van der Waals surface area contributed by atoms with Crippen molar-refractivity contribution in [1.29, 1.82) is 0 Å². The van der Waals surface area contributed by atoms with Gasteiger partial charge in [0.1, 0.15) is 17.1 Å². The second-order valence-electron chi connectivity index (χ2n) is 6.86. The van der Waals surface area contributed by atoms with Gasteiger partial charge in [-0.15, -0.1) is 0 Å². The van der Waals surface area contributed by atoms with Gasteiger partial charge in [-0.05, 0) is 37.3 Å². The predicted octanol–water partition coefficient (Wildman–Crippen LogP) is 2.31. The molecule has 0 amide bonds. The van der Waals surface area contributed by atoms with E-state index in [2.05, 4.69) is 19.7 Å². The van der Waals surface area contributed by atoms with E-state index in [4.69, 9.17) is 9.47 Å². The van der Waals surface area contributed by atoms with Gasteiger partial charge in [0.15, 0.2) is 5.03 Å². The zero-order valence-electron chi connectivity index (χ0n) is 16.0. The molecule has 0 aliphatic carbocycles. The Morgan fingerprint density at radius 2 is 2.07 bits per heavy atom. The van der Waals surface area contributed by atoms with Gasteiger partial charge < -0.3 is 19.0 Å². The number of hydrogen-bond donors (Lipinski definition) is 2. The van der Waals surface area contributed by atoms with E-state index in [-0.39, 0.29) is 11.0 Å². The third-order valence-electron chi connectivity index (χ3n) is 5.20. The Hall–Kier alpha value is -2.59. The number of rotatable bonds is 5. The fourth-order valence-corrected chi connectivity index (χ4v) is 4.70. The van der Waals surface area contributed by atoms with Crippen molar-refractivity contribution in [3.05, 3.63) is 29.7 Å². The SMILES string of the molecule is COc1ccc(C2CCOCC2)c2nc(NS(=O)(=O)c3cnc(C)n3C)[nH]c12. The van der Waals surface area contributed by atoms with E-state index < -0.39 is 10.0 Å². The fourth-order valence-electron chi connectivity index (χ4n) is 3.56. The lowest BCUT2D eigenvalue weighted by Crippen LogP contribution is -2.17. The third-order valence-corrected chi connectivity index (χ3v) is 6.60. The van der Waals surface area contributed by atoms with E-state index in [1.165, 1.54) is 10.8 Å². The Labute approximate surface area is 163 Å². The maximum atomic E-state index is 12.8. The van der Waals surface area contributed by atoms with Crippen molar-refractivity contribution in [2.45, 2.75) is 30.7 Å². The van der Waals surface area contributed by atoms with Crippen molar-refractivity contribution in [2.75, 3.05) is 25.0 Å². The smallest absolute Gasteiger partial charge is 0.281 e. The summed E-state index contributed by atoms with van der Waals surface area (Å²) in [5.74, 6) is 1.68. The molecule has 0 atom stereocenters. The second-order valence-corrected chi connectivity index (χ2v) is 8.49. The van der Waals surface area contributed by atoms with Crippen LogP contribution in [0.5, 0.6) is 5.75 Å². The number of benzene rings is 1. The van der Waals surface area contributed by atoms with Crippen LogP contribution in [0.25, 0.3) is 11.0 Å². The number of aromatic amines is 1.